The van der Waals surface area contributed by atoms with E-state index in [-0.39, 0.29) is 6.42 Å². The average molecular weight is 232 g/mol. The highest BCUT2D eigenvalue weighted by molar-refractivity contribution is 5.39. The first kappa shape index (κ1) is 11.3. The third-order valence-electron chi connectivity index (χ3n) is 2.73. The number of aliphatic hydroxyl groups is 1. The van der Waals surface area contributed by atoms with Gasteiger partial charge in [-0.15, -0.1) is 0 Å². The minimum atomic E-state index is -4.56. The Hall–Kier alpha value is -1.23. The van der Waals surface area contributed by atoms with Gasteiger partial charge in [0.15, 0.2) is 0 Å². The summed E-state index contributed by atoms with van der Waals surface area (Å²) < 4.78 is 37.4. The second kappa shape index (κ2) is 3.38. The van der Waals surface area contributed by atoms with Crippen molar-refractivity contribution in [3.8, 4) is 5.75 Å². The van der Waals surface area contributed by atoms with E-state index in [1.807, 2.05) is 0 Å². The minimum Gasteiger partial charge on any atom is -0.507 e. The van der Waals surface area contributed by atoms with Gasteiger partial charge in [0, 0.05) is 6.42 Å². The number of benzene rings is 1. The van der Waals surface area contributed by atoms with Gasteiger partial charge in [-0.1, -0.05) is 6.07 Å². The Labute approximate surface area is 90.3 Å². The summed E-state index contributed by atoms with van der Waals surface area (Å²) in [5.74, 6) is -0.779. The maximum Gasteiger partial charge on any atom is 0.419 e. The molecule has 1 aromatic carbocycles. The van der Waals surface area contributed by atoms with E-state index in [1.165, 1.54) is 6.07 Å². The first-order chi connectivity index (χ1) is 7.30. The molecule has 5 heteroatoms. The standard InChI is InChI=1S/C11H11F3O2/c12-11(13,14)8-5-7(1-2-9(8)15)6-10(16)3-4-10/h1-2,5,15-16H,3-4,6H2. The maximum atomic E-state index is 12.5. The van der Waals surface area contributed by atoms with E-state index in [4.69, 9.17) is 5.11 Å². The quantitative estimate of drug-likeness (QED) is 0.822. The molecule has 16 heavy (non-hydrogen) atoms. The summed E-state index contributed by atoms with van der Waals surface area (Å²) in [5, 5.41) is 18.7. The lowest BCUT2D eigenvalue weighted by Gasteiger charge is -2.12. The van der Waals surface area contributed by atoms with E-state index in [1.54, 1.807) is 0 Å². The summed E-state index contributed by atoms with van der Waals surface area (Å²) in [7, 11) is 0. The summed E-state index contributed by atoms with van der Waals surface area (Å²) in [6.07, 6.45) is -3.12. The Morgan fingerprint density at radius 3 is 2.38 bits per heavy atom. The van der Waals surface area contributed by atoms with E-state index in [0.29, 0.717) is 18.4 Å². The van der Waals surface area contributed by atoms with Gasteiger partial charge in [0.05, 0.1) is 11.2 Å². The third-order valence-corrected chi connectivity index (χ3v) is 2.73. The lowest BCUT2D eigenvalue weighted by molar-refractivity contribution is -0.138. The molecular weight excluding hydrogens is 221 g/mol. The number of hydrogen-bond acceptors (Lipinski definition) is 2. The molecule has 0 radical (unpaired) electrons. The third kappa shape index (κ3) is 2.29. The van der Waals surface area contributed by atoms with Crippen molar-refractivity contribution in [2.75, 3.05) is 0 Å². The maximum absolute atomic E-state index is 12.5. The first-order valence-electron chi connectivity index (χ1n) is 4.92. The van der Waals surface area contributed by atoms with Gasteiger partial charge in [0.2, 0.25) is 0 Å². The minimum absolute atomic E-state index is 0.205. The van der Waals surface area contributed by atoms with E-state index in [0.717, 1.165) is 12.1 Å². The molecule has 2 N–H and O–H groups in total. The number of rotatable bonds is 2. The van der Waals surface area contributed by atoms with Crippen LogP contribution in [0, 0.1) is 0 Å². The Morgan fingerprint density at radius 2 is 1.88 bits per heavy atom. The van der Waals surface area contributed by atoms with E-state index in [9.17, 15) is 18.3 Å². The van der Waals surface area contributed by atoms with Gasteiger partial charge >= 0.3 is 6.18 Å². The fourth-order valence-corrected chi connectivity index (χ4v) is 1.62. The van der Waals surface area contributed by atoms with Gasteiger partial charge in [-0.25, -0.2) is 0 Å². The summed E-state index contributed by atoms with van der Waals surface area (Å²) in [6, 6.07) is 3.32. The zero-order chi connectivity index (χ0) is 12.0. The molecule has 0 spiro atoms. The van der Waals surface area contributed by atoms with E-state index in [2.05, 4.69) is 0 Å². The summed E-state index contributed by atoms with van der Waals surface area (Å²) in [6.45, 7) is 0. The van der Waals surface area contributed by atoms with Crippen molar-refractivity contribution in [3.63, 3.8) is 0 Å². The van der Waals surface area contributed by atoms with Gasteiger partial charge < -0.3 is 10.2 Å². The molecule has 2 rings (SSSR count). The zero-order valence-corrected chi connectivity index (χ0v) is 8.38. The molecule has 1 saturated carbocycles. The van der Waals surface area contributed by atoms with Crippen molar-refractivity contribution in [2.24, 2.45) is 0 Å². The Bertz CT molecular complexity index is 408. The molecule has 1 aliphatic rings. The van der Waals surface area contributed by atoms with Crippen molar-refractivity contribution in [2.45, 2.75) is 31.0 Å². The fourth-order valence-electron chi connectivity index (χ4n) is 1.62. The molecule has 0 atom stereocenters. The van der Waals surface area contributed by atoms with Crippen LogP contribution in [-0.4, -0.2) is 15.8 Å². The van der Waals surface area contributed by atoms with Crippen molar-refractivity contribution >= 4 is 0 Å². The molecule has 0 heterocycles. The lowest BCUT2D eigenvalue weighted by Crippen LogP contribution is -2.12. The van der Waals surface area contributed by atoms with Gasteiger partial charge in [-0.3, -0.25) is 0 Å². The van der Waals surface area contributed by atoms with Crippen LogP contribution >= 0.6 is 0 Å². The van der Waals surface area contributed by atoms with Crippen LogP contribution in [-0.2, 0) is 12.6 Å². The molecule has 0 bridgehead atoms. The normalized spacial score (nSPS) is 18.5. The Kier molecular flexibility index (Phi) is 2.38. The molecule has 0 saturated heterocycles. The second-order valence-electron chi connectivity index (χ2n) is 4.25. The van der Waals surface area contributed by atoms with E-state index >= 15 is 0 Å². The summed E-state index contributed by atoms with van der Waals surface area (Å²) >= 11 is 0. The van der Waals surface area contributed by atoms with Gasteiger partial charge in [-0.05, 0) is 30.5 Å². The lowest BCUT2D eigenvalue weighted by atomic mass is 10.0. The Balaban J connectivity index is 2.28. The van der Waals surface area contributed by atoms with Crippen LogP contribution in [0.1, 0.15) is 24.0 Å². The summed E-state index contributed by atoms with van der Waals surface area (Å²) in [4.78, 5) is 0. The first-order valence-corrected chi connectivity index (χ1v) is 4.92. The monoisotopic (exact) mass is 232 g/mol. The molecule has 2 nitrogen and oxygen atoms in total. The molecule has 1 fully saturated rings. The molecule has 88 valence electrons. The van der Waals surface area contributed by atoms with Crippen molar-refractivity contribution in [3.05, 3.63) is 29.3 Å². The second-order valence-corrected chi connectivity index (χ2v) is 4.25. The van der Waals surface area contributed by atoms with Crippen LogP contribution in [0.15, 0.2) is 18.2 Å². The molecule has 0 aliphatic heterocycles. The Morgan fingerprint density at radius 1 is 1.25 bits per heavy atom. The average Bonchev–Trinajstić information content (AvgIpc) is 2.85. The number of halogens is 3. The van der Waals surface area contributed by atoms with Crippen LogP contribution in [0.2, 0.25) is 0 Å². The van der Waals surface area contributed by atoms with Crippen LogP contribution in [0.4, 0.5) is 13.2 Å². The highest BCUT2D eigenvalue weighted by atomic mass is 19.4. The fraction of sp³-hybridized carbons (Fsp3) is 0.455. The zero-order valence-electron chi connectivity index (χ0n) is 8.38. The molecule has 0 aromatic heterocycles. The molecule has 0 unspecified atom stereocenters. The van der Waals surface area contributed by atoms with Crippen molar-refractivity contribution < 1.29 is 23.4 Å². The highest BCUT2D eigenvalue weighted by Crippen LogP contribution is 2.41. The number of phenols is 1. The van der Waals surface area contributed by atoms with Crippen LogP contribution in [0.3, 0.4) is 0 Å². The van der Waals surface area contributed by atoms with Crippen molar-refractivity contribution in [1.82, 2.24) is 0 Å². The molecule has 1 aliphatic carbocycles. The van der Waals surface area contributed by atoms with Crippen LogP contribution in [0.25, 0.3) is 0 Å². The molecule has 1 aromatic rings. The van der Waals surface area contributed by atoms with Gasteiger partial charge in [0.25, 0.3) is 0 Å². The SMILES string of the molecule is Oc1ccc(CC2(O)CC2)cc1C(F)(F)F. The predicted molar refractivity (Wildman–Crippen MR) is 51.0 cm³/mol. The van der Waals surface area contributed by atoms with Crippen LogP contribution in [0.5, 0.6) is 5.75 Å². The highest BCUT2D eigenvalue weighted by Gasteiger charge is 2.41. The van der Waals surface area contributed by atoms with Gasteiger partial charge in [0.1, 0.15) is 5.75 Å². The molecular formula is C11H11F3O2. The van der Waals surface area contributed by atoms with E-state index < -0.39 is 23.1 Å². The van der Waals surface area contributed by atoms with Crippen LogP contribution < -0.4 is 0 Å². The number of alkyl halides is 3. The summed E-state index contributed by atoms with van der Waals surface area (Å²) in [5.41, 5.74) is -1.49. The molecule has 0 amide bonds. The van der Waals surface area contributed by atoms with Crippen molar-refractivity contribution in [1.29, 1.82) is 0 Å². The smallest absolute Gasteiger partial charge is 0.419 e. The predicted octanol–water partition coefficient (Wildman–Crippen LogP) is 2.48. The number of phenolic OH excluding ortho intramolecular Hbond substituents is 1. The van der Waals surface area contributed by atoms with Gasteiger partial charge in [-0.2, -0.15) is 13.2 Å². The number of aromatic hydroxyl groups is 1. The topological polar surface area (TPSA) is 40.5 Å². The largest absolute Gasteiger partial charge is 0.507 e. The number of hydrogen-bond donors (Lipinski definition) is 2.